The van der Waals surface area contributed by atoms with Gasteiger partial charge in [0.15, 0.2) is 0 Å². The fraction of sp³-hybridized carbons (Fsp3) is 0.357. The number of aromatic nitrogens is 1. The van der Waals surface area contributed by atoms with E-state index in [0.717, 1.165) is 22.6 Å². The van der Waals surface area contributed by atoms with Gasteiger partial charge in [0.05, 0.1) is 17.7 Å². The molecule has 21 heavy (non-hydrogen) atoms. The van der Waals surface area contributed by atoms with Gasteiger partial charge in [-0.25, -0.2) is 0 Å². The van der Waals surface area contributed by atoms with Crippen molar-refractivity contribution in [2.45, 2.75) is 26.9 Å². The minimum atomic E-state index is -0.419. The molecule has 0 radical (unpaired) electrons. The Morgan fingerprint density at radius 2 is 2.14 bits per heavy atom. The van der Waals surface area contributed by atoms with Crippen LogP contribution in [0.3, 0.4) is 0 Å². The number of hydrogen-bond donors (Lipinski definition) is 1. The molecule has 2 aromatic rings. The Labute approximate surface area is 122 Å². The molecule has 1 N–H and O–H groups in total. The van der Waals surface area contributed by atoms with Gasteiger partial charge in [0.25, 0.3) is 5.69 Å². The molecule has 0 bridgehead atoms. The molecule has 112 valence electrons. The van der Waals surface area contributed by atoms with Crippen molar-refractivity contribution >= 4 is 5.69 Å². The van der Waals surface area contributed by atoms with E-state index in [1.807, 2.05) is 13.8 Å². The molecule has 0 saturated heterocycles. The largest absolute Gasteiger partial charge is 0.496 e. The van der Waals surface area contributed by atoms with Gasteiger partial charge in [0.1, 0.15) is 11.5 Å². The maximum Gasteiger partial charge on any atom is 0.270 e. The van der Waals surface area contributed by atoms with Crippen LogP contribution in [-0.2, 0) is 13.1 Å². The smallest absolute Gasteiger partial charge is 0.270 e. The van der Waals surface area contributed by atoms with Gasteiger partial charge < -0.3 is 14.6 Å². The maximum atomic E-state index is 10.8. The van der Waals surface area contributed by atoms with E-state index in [-0.39, 0.29) is 5.69 Å². The van der Waals surface area contributed by atoms with E-state index in [1.54, 1.807) is 13.2 Å². The lowest BCUT2D eigenvalue weighted by molar-refractivity contribution is -0.384. The van der Waals surface area contributed by atoms with Gasteiger partial charge >= 0.3 is 0 Å². The summed E-state index contributed by atoms with van der Waals surface area (Å²) in [6.07, 6.45) is 0. The third kappa shape index (κ3) is 3.38. The number of nitrogens with zero attached hydrogens (tertiary/aromatic N) is 2. The summed E-state index contributed by atoms with van der Waals surface area (Å²) in [6.45, 7) is 4.76. The summed E-state index contributed by atoms with van der Waals surface area (Å²) in [5, 5.41) is 17.9. The first kappa shape index (κ1) is 15.0. The Hall–Kier alpha value is -2.41. The first-order valence-corrected chi connectivity index (χ1v) is 6.46. The van der Waals surface area contributed by atoms with E-state index < -0.39 is 4.92 Å². The standard InChI is InChI=1S/C14H17N3O4/c1-9-13(10(2)21-16-9)8-15-7-11-6-12(17(18)19)4-5-14(11)20-3/h4-6,15H,7-8H2,1-3H3. The maximum absolute atomic E-state index is 10.8. The number of benzene rings is 1. The third-order valence-electron chi connectivity index (χ3n) is 3.27. The van der Waals surface area contributed by atoms with E-state index >= 15 is 0 Å². The van der Waals surface area contributed by atoms with Gasteiger partial charge in [-0.3, -0.25) is 10.1 Å². The summed E-state index contributed by atoms with van der Waals surface area (Å²) in [5.41, 5.74) is 2.62. The molecule has 0 saturated carbocycles. The average Bonchev–Trinajstić information content (AvgIpc) is 2.78. The molecular formula is C14H17N3O4. The predicted molar refractivity (Wildman–Crippen MR) is 76.2 cm³/mol. The first-order valence-electron chi connectivity index (χ1n) is 6.46. The highest BCUT2D eigenvalue weighted by atomic mass is 16.6. The third-order valence-corrected chi connectivity index (χ3v) is 3.27. The molecule has 1 aromatic heterocycles. The molecule has 0 aliphatic heterocycles. The fourth-order valence-corrected chi connectivity index (χ4v) is 2.09. The van der Waals surface area contributed by atoms with Crippen LogP contribution in [0.25, 0.3) is 0 Å². The quantitative estimate of drug-likeness (QED) is 0.649. The van der Waals surface area contributed by atoms with E-state index in [9.17, 15) is 10.1 Å². The normalized spacial score (nSPS) is 10.6. The molecule has 0 fully saturated rings. The lowest BCUT2D eigenvalue weighted by Crippen LogP contribution is -2.14. The summed E-state index contributed by atoms with van der Waals surface area (Å²) >= 11 is 0. The molecule has 7 heteroatoms. The lowest BCUT2D eigenvalue weighted by Gasteiger charge is -2.09. The van der Waals surface area contributed by atoms with Crippen molar-refractivity contribution in [3.63, 3.8) is 0 Å². The zero-order valence-electron chi connectivity index (χ0n) is 12.2. The number of nitro groups is 1. The molecule has 0 spiro atoms. The fourth-order valence-electron chi connectivity index (χ4n) is 2.09. The summed E-state index contributed by atoms with van der Waals surface area (Å²) in [6, 6.07) is 4.54. The van der Waals surface area contributed by atoms with E-state index in [4.69, 9.17) is 9.26 Å². The Bertz CT molecular complexity index is 632. The summed E-state index contributed by atoms with van der Waals surface area (Å²) in [7, 11) is 1.54. The molecule has 0 aliphatic carbocycles. The van der Waals surface area contributed by atoms with Crippen LogP contribution in [0.2, 0.25) is 0 Å². The number of nitro benzene ring substituents is 1. The van der Waals surface area contributed by atoms with Crippen LogP contribution in [-0.4, -0.2) is 17.2 Å². The van der Waals surface area contributed by atoms with Gasteiger partial charge in [-0.05, 0) is 19.9 Å². The van der Waals surface area contributed by atoms with Gasteiger partial charge in [-0.2, -0.15) is 0 Å². The zero-order chi connectivity index (χ0) is 15.4. The molecular weight excluding hydrogens is 274 g/mol. The SMILES string of the molecule is COc1ccc([N+](=O)[O-])cc1CNCc1c(C)noc1C. The highest BCUT2D eigenvalue weighted by Crippen LogP contribution is 2.24. The van der Waals surface area contributed by atoms with Crippen molar-refractivity contribution in [3.05, 3.63) is 50.9 Å². The van der Waals surface area contributed by atoms with Crippen molar-refractivity contribution < 1.29 is 14.2 Å². The second kappa shape index (κ2) is 6.36. The number of ether oxygens (including phenoxy) is 1. The monoisotopic (exact) mass is 291 g/mol. The van der Waals surface area contributed by atoms with Crippen LogP contribution in [0.1, 0.15) is 22.6 Å². The molecule has 1 heterocycles. The number of non-ortho nitro benzene ring substituents is 1. The molecule has 0 atom stereocenters. The molecule has 0 unspecified atom stereocenters. The van der Waals surface area contributed by atoms with Crippen molar-refractivity contribution in [1.82, 2.24) is 10.5 Å². The lowest BCUT2D eigenvalue weighted by atomic mass is 10.1. The Morgan fingerprint density at radius 3 is 2.71 bits per heavy atom. The van der Waals surface area contributed by atoms with E-state index in [2.05, 4.69) is 10.5 Å². The topological polar surface area (TPSA) is 90.4 Å². The number of aryl methyl sites for hydroxylation is 2. The highest BCUT2D eigenvalue weighted by molar-refractivity contribution is 5.43. The Balaban J connectivity index is 2.08. The molecule has 0 aliphatic rings. The molecule has 1 aromatic carbocycles. The Morgan fingerprint density at radius 1 is 1.38 bits per heavy atom. The van der Waals surface area contributed by atoms with E-state index in [0.29, 0.717) is 18.8 Å². The van der Waals surface area contributed by atoms with Crippen molar-refractivity contribution in [2.24, 2.45) is 0 Å². The number of rotatable bonds is 6. The van der Waals surface area contributed by atoms with Crippen molar-refractivity contribution in [3.8, 4) is 5.75 Å². The molecule has 7 nitrogen and oxygen atoms in total. The minimum absolute atomic E-state index is 0.0462. The van der Waals surface area contributed by atoms with Crippen LogP contribution < -0.4 is 10.1 Å². The van der Waals surface area contributed by atoms with Crippen molar-refractivity contribution in [1.29, 1.82) is 0 Å². The van der Waals surface area contributed by atoms with Crippen LogP contribution in [0.15, 0.2) is 22.7 Å². The zero-order valence-corrected chi connectivity index (χ0v) is 12.2. The van der Waals surface area contributed by atoms with Gasteiger partial charge in [0.2, 0.25) is 0 Å². The first-order chi connectivity index (χ1) is 10.0. The predicted octanol–water partition coefficient (Wildman–Crippen LogP) is 2.50. The van der Waals surface area contributed by atoms with Crippen LogP contribution in [0.5, 0.6) is 5.75 Å². The Kier molecular flexibility index (Phi) is 4.54. The highest BCUT2D eigenvalue weighted by Gasteiger charge is 2.12. The van der Waals surface area contributed by atoms with Crippen LogP contribution in [0, 0.1) is 24.0 Å². The summed E-state index contributed by atoms with van der Waals surface area (Å²) in [5.74, 6) is 1.39. The summed E-state index contributed by atoms with van der Waals surface area (Å²) < 4.78 is 10.3. The average molecular weight is 291 g/mol. The van der Waals surface area contributed by atoms with E-state index in [1.165, 1.54) is 12.1 Å². The van der Waals surface area contributed by atoms with Crippen LogP contribution in [0.4, 0.5) is 5.69 Å². The number of methoxy groups -OCH3 is 1. The second-order valence-electron chi connectivity index (χ2n) is 4.66. The van der Waals surface area contributed by atoms with Gasteiger partial charge in [-0.1, -0.05) is 5.16 Å². The minimum Gasteiger partial charge on any atom is -0.496 e. The van der Waals surface area contributed by atoms with Crippen LogP contribution >= 0.6 is 0 Å². The van der Waals surface area contributed by atoms with Gasteiger partial charge in [0, 0.05) is 36.3 Å². The molecule has 2 rings (SSSR count). The number of nitrogens with one attached hydrogen (secondary N) is 1. The second-order valence-corrected chi connectivity index (χ2v) is 4.66. The van der Waals surface area contributed by atoms with Gasteiger partial charge in [-0.15, -0.1) is 0 Å². The number of hydrogen-bond acceptors (Lipinski definition) is 6. The molecule has 0 amide bonds. The summed E-state index contributed by atoms with van der Waals surface area (Å²) in [4.78, 5) is 10.4. The van der Waals surface area contributed by atoms with Crippen molar-refractivity contribution in [2.75, 3.05) is 7.11 Å².